The molecular formula is C14H28N2. The van der Waals surface area contributed by atoms with E-state index in [4.69, 9.17) is 5.73 Å². The van der Waals surface area contributed by atoms with Crippen molar-refractivity contribution >= 4 is 0 Å². The van der Waals surface area contributed by atoms with Crippen LogP contribution in [0.25, 0.3) is 0 Å². The Hall–Kier alpha value is -0.0800. The Morgan fingerprint density at radius 2 is 2.00 bits per heavy atom. The van der Waals surface area contributed by atoms with Crippen LogP contribution < -0.4 is 5.73 Å². The molecule has 0 aliphatic heterocycles. The van der Waals surface area contributed by atoms with Crippen molar-refractivity contribution in [2.45, 2.75) is 44.9 Å². The molecule has 2 N–H and O–H groups in total. The molecule has 94 valence electrons. The topological polar surface area (TPSA) is 29.3 Å². The van der Waals surface area contributed by atoms with Crippen molar-refractivity contribution in [3.8, 4) is 0 Å². The predicted octanol–water partition coefficient (Wildman–Crippen LogP) is 2.48. The summed E-state index contributed by atoms with van der Waals surface area (Å²) >= 11 is 0. The van der Waals surface area contributed by atoms with Gasteiger partial charge in [0.2, 0.25) is 0 Å². The van der Waals surface area contributed by atoms with Crippen molar-refractivity contribution in [2.75, 3.05) is 26.7 Å². The number of hydrogen-bond donors (Lipinski definition) is 1. The Balaban J connectivity index is 1.58. The Kier molecular flexibility index (Phi) is 4.66. The normalized spacial score (nSPS) is 32.8. The van der Waals surface area contributed by atoms with Crippen LogP contribution in [-0.4, -0.2) is 31.6 Å². The molecule has 0 aromatic rings. The van der Waals surface area contributed by atoms with Crippen LogP contribution in [0, 0.1) is 17.8 Å². The highest BCUT2D eigenvalue weighted by molar-refractivity contribution is 4.90. The van der Waals surface area contributed by atoms with E-state index in [1.54, 1.807) is 6.42 Å². The van der Waals surface area contributed by atoms with Crippen LogP contribution in [0.1, 0.15) is 44.9 Å². The average Bonchev–Trinajstić information content (AvgIpc) is 2.86. The summed E-state index contributed by atoms with van der Waals surface area (Å²) in [6.45, 7) is 3.48. The predicted molar refractivity (Wildman–Crippen MR) is 69.3 cm³/mol. The quantitative estimate of drug-likeness (QED) is 0.673. The number of nitrogens with zero attached hydrogens (tertiary/aromatic N) is 1. The van der Waals surface area contributed by atoms with E-state index in [1.165, 1.54) is 51.6 Å². The van der Waals surface area contributed by atoms with Gasteiger partial charge in [-0.3, -0.25) is 0 Å². The summed E-state index contributed by atoms with van der Waals surface area (Å²) < 4.78 is 0. The molecule has 3 atom stereocenters. The van der Waals surface area contributed by atoms with Gasteiger partial charge in [0.05, 0.1) is 0 Å². The summed E-state index contributed by atoms with van der Waals surface area (Å²) in [4.78, 5) is 2.56. The van der Waals surface area contributed by atoms with Gasteiger partial charge < -0.3 is 10.6 Å². The minimum atomic E-state index is 0.857. The summed E-state index contributed by atoms with van der Waals surface area (Å²) in [6, 6.07) is 0. The Morgan fingerprint density at radius 1 is 1.12 bits per heavy atom. The zero-order chi connectivity index (χ0) is 11.4. The lowest BCUT2D eigenvalue weighted by Gasteiger charge is -2.27. The summed E-state index contributed by atoms with van der Waals surface area (Å²) in [5.41, 5.74) is 5.50. The van der Waals surface area contributed by atoms with Gasteiger partial charge in [0.25, 0.3) is 0 Å². The molecule has 0 aromatic heterocycles. The second-order valence-corrected chi connectivity index (χ2v) is 6.05. The van der Waals surface area contributed by atoms with Crippen LogP contribution in [0.2, 0.25) is 0 Å². The molecule has 0 radical (unpaired) electrons. The first kappa shape index (κ1) is 12.4. The Morgan fingerprint density at radius 3 is 2.62 bits per heavy atom. The molecule has 0 heterocycles. The number of unbranched alkanes of at least 4 members (excludes halogenated alkanes) is 2. The zero-order valence-electron chi connectivity index (χ0n) is 10.8. The van der Waals surface area contributed by atoms with E-state index in [1.807, 2.05) is 0 Å². The van der Waals surface area contributed by atoms with Crippen LogP contribution in [-0.2, 0) is 0 Å². The fraction of sp³-hybridized carbons (Fsp3) is 1.00. The molecule has 2 fully saturated rings. The maximum atomic E-state index is 5.50. The molecule has 2 aliphatic carbocycles. The van der Waals surface area contributed by atoms with Gasteiger partial charge in [0, 0.05) is 6.54 Å². The SMILES string of the molecule is CN(CCCCCN)CC1CC2CCC1C2. The van der Waals surface area contributed by atoms with Crippen LogP contribution in [0.5, 0.6) is 0 Å². The third kappa shape index (κ3) is 3.21. The van der Waals surface area contributed by atoms with E-state index >= 15 is 0 Å². The van der Waals surface area contributed by atoms with Gasteiger partial charge in [-0.25, -0.2) is 0 Å². The molecule has 2 bridgehead atoms. The molecule has 2 nitrogen and oxygen atoms in total. The van der Waals surface area contributed by atoms with Crippen molar-refractivity contribution in [2.24, 2.45) is 23.5 Å². The van der Waals surface area contributed by atoms with E-state index in [-0.39, 0.29) is 0 Å². The molecule has 0 spiro atoms. The second-order valence-electron chi connectivity index (χ2n) is 6.05. The summed E-state index contributed by atoms with van der Waals surface area (Å²) in [6.07, 6.45) is 9.95. The molecule has 0 amide bonds. The Labute approximate surface area is 101 Å². The lowest BCUT2D eigenvalue weighted by Crippen LogP contribution is -2.29. The van der Waals surface area contributed by atoms with Crippen LogP contribution in [0.15, 0.2) is 0 Å². The smallest absolute Gasteiger partial charge is 0.000936 e. The molecule has 0 saturated heterocycles. The molecule has 3 unspecified atom stereocenters. The van der Waals surface area contributed by atoms with Gasteiger partial charge in [-0.15, -0.1) is 0 Å². The maximum Gasteiger partial charge on any atom is 0.000936 e. The highest BCUT2D eigenvalue weighted by Gasteiger charge is 2.39. The van der Waals surface area contributed by atoms with Gasteiger partial charge in [0.15, 0.2) is 0 Å². The number of fused-ring (bicyclic) bond motifs is 2. The van der Waals surface area contributed by atoms with Gasteiger partial charge in [-0.2, -0.15) is 0 Å². The minimum Gasteiger partial charge on any atom is -0.330 e. The fourth-order valence-electron chi connectivity index (χ4n) is 3.79. The first-order valence-electron chi connectivity index (χ1n) is 7.18. The number of rotatable bonds is 7. The van der Waals surface area contributed by atoms with Gasteiger partial charge in [-0.05, 0) is 70.0 Å². The van der Waals surface area contributed by atoms with Gasteiger partial charge >= 0.3 is 0 Å². The van der Waals surface area contributed by atoms with Gasteiger partial charge in [0.1, 0.15) is 0 Å². The van der Waals surface area contributed by atoms with Crippen molar-refractivity contribution < 1.29 is 0 Å². The molecular weight excluding hydrogens is 196 g/mol. The standard InChI is InChI=1S/C14H28N2/c1-16(8-4-2-3-7-15)11-14-10-12-5-6-13(14)9-12/h12-14H,2-11,15H2,1H3. The molecule has 16 heavy (non-hydrogen) atoms. The van der Waals surface area contributed by atoms with E-state index < -0.39 is 0 Å². The van der Waals surface area contributed by atoms with Gasteiger partial charge in [-0.1, -0.05) is 12.8 Å². The first-order valence-corrected chi connectivity index (χ1v) is 7.18. The summed E-state index contributed by atoms with van der Waals surface area (Å²) in [5.74, 6) is 3.20. The van der Waals surface area contributed by atoms with Crippen LogP contribution in [0.4, 0.5) is 0 Å². The molecule has 2 aliphatic rings. The lowest BCUT2D eigenvalue weighted by atomic mass is 9.88. The monoisotopic (exact) mass is 224 g/mol. The average molecular weight is 224 g/mol. The van der Waals surface area contributed by atoms with Crippen LogP contribution >= 0.6 is 0 Å². The van der Waals surface area contributed by atoms with E-state index in [0.717, 1.165) is 24.3 Å². The molecule has 2 saturated carbocycles. The van der Waals surface area contributed by atoms with Crippen molar-refractivity contribution in [3.63, 3.8) is 0 Å². The third-order valence-electron chi connectivity index (χ3n) is 4.67. The van der Waals surface area contributed by atoms with E-state index in [9.17, 15) is 0 Å². The Bertz CT molecular complexity index is 205. The third-order valence-corrected chi connectivity index (χ3v) is 4.67. The first-order chi connectivity index (χ1) is 7.79. The summed E-state index contributed by atoms with van der Waals surface area (Å²) in [7, 11) is 2.30. The van der Waals surface area contributed by atoms with Crippen molar-refractivity contribution in [1.29, 1.82) is 0 Å². The second kappa shape index (κ2) is 6.02. The van der Waals surface area contributed by atoms with Crippen molar-refractivity contribution in [3.05, 3.63) is 0 Å². The van der Waals surface area contributed by atoms with E-state index in [2.05, 4.69) is 11.9 Å². The lowest BCUT2D eigenvalue weighted by molar-refractivity contribution is 0.217. The number of nitrogens with two attached hydrogens (primary N) is 1. The largest absolute Gasteiger partial charge is 0.330 e. The van der Waals surface area contributed by atoms with Crippen molar-refractivity contribution in [1.82, 2.24) is 4.90 Å². The highest BCUT2D eigenvalue weighted by Crippen LogP contribution is 2.48. The molecule has 0 aromatic carbocycles. The molecule has 2 rings (SSSR count). The zero-order valence-corrected chi connectivity index (χ0v) is 10.8. The maximum absolute atomic E-state index is 5.50. The van der Waals surface area contributed by atoms with Crippen LogP contribution in [0.3, 0.4) is 0 Å². The van der Waals surface area contributed by atoms with E-state index in [0.29, 0.717) is 0 Å². The summed E-state index contributed by atoms with van der Waals surface area (Å²) in [5, 5.41) is 0. The minimum absolute atomic E-state index is 0.857. The highest BCUT2D eigenvalue weighted by atomic mass is 15.1. The number of hydrogen-bond acceptors (Lipinski definition) is 2. The molecule has 2 heteroatoms. The fourth-order valence-corrected chi connectivity index (χ4v) is 3.79.